The number of rotatable bonds is 2. The first-order chi connectivity index (χ1) is 7.78. The molecule has 5 heteroatoms. The van der Waals surface area contributed by atoms with E-state index in [1.807, 2.05) is 20.8 Å². The molecule has 0 aliphatic carbocycles. The molecule has 0 aromatic heterocycles. The number of amides is 1. The zero-order valence-electron chi connectivity index (χ0n) is 10.3. The fraction of sp³-hybridized carbons (Fsp3) is 0.333. The summed E-state index contributed by atoms with van der Waals surface area (Å²) in [5, 5.41) is 2.94. The summed E-state index contributed by atoms with van der Waals surface area (Å²) in [6, 6.07) is 6.72. The normalized spacial score (nSPS) is 12.3. The zero-order valence-corrected chi connectivity index (χ0v) is 10.3. The van der Waals surface area contributed by atoms with Crippen molar-refractivity contribution >= 4 is 17.6 Å². The summed E-state index contributed by atoms with van der Waals surface area (Å²) < 4.78 is 0. The molecule has 0 aliphatic heterocycles. The molecule has 0 heterocycles. The highest BCUT2D eigenvalue weighted by molar-refractivity contribution is 5.95. The molecule has 1 aromatic rings. The van der Waals surface area contributed by atoms with Crippen LogP contribution < -0.4 is 16.8 Å². The molecule has 0 radical (unpaired) electrons. The molecular formula is C12H18N4O. The summed E-state index contributed by atoms with van der Waals surface area (Å²) >= 11 is 0. The third-order valence-corrected chi connectivity index (χ3v) is 1.90. The van der Waals surface area contributed by atoms with E-state index in [-0.39, 0.29) is 5.54 Å². The van der Waals surface area contributed by atoms with Crippen molar-refractivity contribution in [1.82, 2.24) is 0 Å². The number of aliphatic imine (C=N–C) groups is 1. The minimum absolute atomic E-state index is 0.232. The van der Waals surface area contributed by atoms with Crippen LogP contribution in [0.2, 0.25) is 0 Å². The van der Waals surface area contributed by atoms with E-state index in [9.17, 15) is 4.79 Å². The maximum Gasteiger partial charge on any atom is 0.248 e. The Morgan fingerprint density at radius 3 is 2.12 bits per heavy atom. The fourth-order valence-corrected chi connectivity index (χ4v) is 1.26. The Hall–Kier alpha value is -2.04. The third kappa shape index (κ3) is 4.55. The van der Waals surface area contributed by atoms with Crippen LogP contribution in [0.4, 0.5) is 5.69 Å². The quantitative estimate of drug-likeness (QED) is 0.532. The van der Waals surface area contributed by atoms with Gasteiger partial charge in [-0.05, 0) is 45.0 Å². The highest BCUT2D eigenvalue weighted by Gasteiger charge is 2.08. The van der Waals surface area contributed by atoms with Crippen molar-refractivity contribution in [3.05, 3.63) is 29.8 Å². The first-order valence-corrected chi connectivity index (χ1v) is 5.30. The van der Waals surface area contributed by atoms with Gasteiger partial charge in [-0.15, -0.1) is 0 Å². The Kier molecular flexibility index (Phi) is 3.73. The molecular weight excluding hydrogens is 216 g/mol. The van der Waals surface area contributed by atoms with Crippen LogP contribution in [0.5, 0.6) is 0 Å². The van der Waals surface area contributed by atoms with E-state index in [0.29, 0.717) is 11.5 Å². The van der Waals surface area contributed by atoms with Crippen molar-refractivity contribution in [3.63, 3.8) is 0 Å². The summed E-state index contributed by atoms with van der Waals surface area (Å²) in [4.78, 5) is 15.1. The third-order valence-electron chi connectivity index (χ3n) is 1.90. The lowest BCUT2D eigenvalue weighted by atomic mass is 10.1. The summed E-state index contributed by atoms with van der Waals surface area (Å²) in [6.45, 7) is 5.87. The Bertz CT molecular complexity index is 429. The second-order valence-electron chi connectivity index (χ2n) is 4.73. The molecule has 0 bridgehead atoms. The topological polar surface area (TPSA) is 93.5 Å². The van der Waals surface area contributed by atoms with Crippen molar-refractivity contribution in [2.45, 2.75) is 26.3 Å². The van der Waals surface area contributed by atoms with Gasteiger partial charge in [0.2, 0.25) is 5.91 Å². The smallest absolute Gasteiger partial charge is 0.248 e. The minimum atomic E-state index is -0.451. The molecule has 0 aliphatic rings. The maximum atomic E-state index is 10.9. The number of anilines is 1. The van der Waals surface area contributed by atoms with Gasteiger partial charge in [0.25, 0.3) is 0 Å². The van der Waals surface area contributed by atoms with Crippen LogP contribution in [0.1, 0.15) is 31.1 Å². The number of hydrogen-bond donors (Lipinski definition) is 3. The van der Waals surface area contributed by atoms with Crippen molar-refractivity contribution < 1.29 is 4.79 Å². The number of primary amides is 1. The Balaban J connectivity index is 2.76. The molecule has 92 valence electrons. The van der Waals surface area contributed by atoms with Crippen LogP contribution >= 0.6 is 0 Å². The van der Waals surface area contributed by atoms with Gasteiger partial charge in [-0.1, -0.05) is 0 Å². The number of hydrogen-bond acceptors (Lipinski definition) is 2. The van der Waals surface area contributed by atoms with Gasteiger partial charge >= 0.3 is 0 Å². The lowest BCUT2D eigenvalue weighted by Crippen LogP contribution is -2.27. The highest BCUT2D eigenvalue weighted by Crippen LogP contribution is 2.10. The van der Waals surface area contributed by atoms with Crippen LogP contribution in [0, 0.1) is 0 Å². The predicted octanol–water partition coefficient (Wildman–Crippen LogP) is 1.31. The number of nitrogens with two attached hydrogens (primary N) is 2. The number of carbonyl (C=O) groups excluding carboxylic acids is 1. The molecule has 1 rings (SSSR count). The number of benzene rings is 1. The van der Waals surface area contributed by atoms with Crippen molar-refractivity contribution in [3.8, 4) is 0 Å². The molecule has 0 atom stereocenters. The zero-order chi connectivity index (χ0) is 13.1. The van der Waals surface area contributed by atoms with E-state index in [2.05, 4.69) is 10.3 Å². The first-order valence-electron chi connectivity index (χ1n) is 5.30. The number of nitrogens with one attached hydrogen (secondary N) is 1. The molecule has 1 aromatic carbocycles. The van der Waals surface area contributed by atoms with E-state index in [4.69, 9.17) is 11.5 Å². The lowest BCUT2D eigenvalue weighted by molar-refractivity contribution is 0.100. The SMILES string of the molecule is CC(C)(C)N=C(N)Nc1ccc(C(N)=O)cc1. The average Bonchev–Trinajstić information content (AvgIpc) is 2.15. The van der Waals surface area contributed by atoms with E-state index in [1.54, 1.807) is 24.3 Å². The van der Waals surface area contributed by atoms with Crippen molar-refractivity contribution in [1.29, 1.82) is 0 Å². The van der Waals surface area contributed by atoms with Gasteiger partial charge in [0.1, 0.15) is 0 Å². The first kappa shape index (κ1) is 13.0. The minimum Gasteiger partial charge on any atom is -0.370 e. The van der Waals surface area contributed by atoms with Gasteiger partial charge < -0.3 is 16.8 Å². The van der Waals surface area contributed by atoms with E-state index >= 15 is 0 Å². The molecule has 0 saturated heterocycles. The molecule has 0 spiro atoms. The Morgan fingerprint density at radius 2 is 1.71 bits per heavy atom. The fourth-order valence-electron chi connectivity index (χ4n) is 1.26. The number of carbonyl (C=O) groups is 1. The van der Waals surface area contributed by atoms with E-state index < -0.39 is 5.91 Å². The van der Waals surface area contributed by atoms with Gasteiger partial charge in [-0.25, -0.2) is 4.99 Å². The van der Waals surface area contributed by atoms with Gasteiger partial charge in [0.15, 0.2) is 5.96 Å². The van der Waals surface area contributed by atoms with Crippen molar-refractivity contribution in [2.75, 3.05) is 5.32 Å². The van der Waals surface area contributed by atoms with Gasteiger partial charge in [-0.3, -0.25) is 4.79 Å². The second kappa shape index (κ2) is 4.86. The van der Waals surface area contributed by atoms with Gasteiger partial charge in [-0.2, -0.15) is 0 Å². The lowest BCUT2D eigenvalue weighted by Gasteiger charge is -2.14. The summed E-state index contributed by atoms with van der Waals surface area (Å²) in [7, 11) is 0. The van der Waals surface area contributed by atoms with E-state index in [0.717, 1.165) is 5.69 Å². The summed E-state index contributed by atoms with van der Waals surface area (Å²) in [5.41, 5.74) is 11.9. The molecule has 0 fully saturated rings. The molecule has 0 saturated carbocycles. The van der Waals surface area contributed by atoms with Gasteiger partial charge in [0, 0.05) is 11.3 Å². The molecule has 17 heavy (non-hydrogen) atoms. The summed E-state index contributed by atoms with van der Waals surface area (Å²) in [5.74, 6) is -0.114. The van der Waals surface area contributed by atoms with Crippen LogP contribution in [0.25, 0.3) is 0 Å². The average molecular weight is 234 g/mol. The highest BCUT2D eigenvalue weighted by atomic mass is 16.1. The van der Waals surface area contributed by atoms with Crippen LogP contribution in [-0.2, 0) is 0 Å². The van der Waals surface area contributed by atoms with E-state index in [1.165, 1.54) is 0 Å². The number of guanidine groups is 1. The number of nitrogens with zero attached hydrogens (tertiary/aromatic N) is 1. The largest absolute Gasteiger partial charge is 0.370 e. The Labute approximate surface area is 101 Å². The summed E-state index contributed by atoms with van der Waals surface area (Å²) in [6.07, 6.45) is 0. The van der Waals surface area contributed by atoms with Crippen molar-refractivity contribution in [2.24, 2.45) is 16.5 Å². The molecule has 0 unspecified atom stereocenters. The molecule has 5 nitrogen and oxygen atoms in total. The van der Waals surface area contributed by atoms with Crippen LogP contribution in [-0.4, -0.2) is 17.4 Å². The Morgan fingerprint density at radius 1 is 1.18 bits per heavy atom. The monoisotopic (exact) mass is 234 g/mol. The van der Waals surface area contributed by atoms with Crippen LogP contribution in [0.15, 0.2) is 29.3 Å². The van der Waals surface area contributed by atoms with Gasteiger partial charge in [0.05, 0.1) is 5.54 Å². The predicted molar refractivity (Wildman–Crippen MR) is 70.0 cm³/mol. The molecule has 1 amide bonds. The second-order valence-corrected chi connectivity index (χ2v) is 4.73. The molecule has 5 N–H and O–H groups in total. The van der Waals surface area contributed by atoms with Crippen LogP contribution in [0.3, 0.4) is 0 Å². The maximum absolute atomic E-state index is 10.9. The standard InChI is InChI=1S/C12H18N4O/c1-12(2,3)16-11(14)15-9-6-4-8(5-7-9)10(13)17/h4-7H,1-3H3,(H2,13,17)(H3,14,15,16).